The van der Waals surface area contributed by atoms with Crippen LogP contribution in [0.1, 0.15) is 11.1 Å². The predicted octanol–water partition coefficient (Wildman–Crippen LogP) is 0.698. The zero-order chi connectivity index (χ0) is 8.27. The number of thiol groups is 1. The molecule has 5 nitrogen and oxygen atoms in total. The molecule has 1 aromatic heterocycles. The number of nitrogens with zero attached hydrogens (tertiary/aromatic N) is 1. The Morgan fingerprint density at radius 3 is 3.09 bits per heavy atom. The minimum Gasteiger partial charge on any atom is -0.429 e. The number of carbonyl (C=O) groups is 1. The van der Waals surface area contributed by atoms with Crippen LogP contribution in [0, 0.1) is 0 Å². The fraction of sp³-hybridized carbons (Fsp3) is 0.200. The van der Waals surface area contributed by atoms with Gasteiger partial charge in [0.15, 0.2) is 5.44 Å². The summed E-state index contributed by atoms with van der Waals surface area (Å²) in [6.45, 7) is 0. The van der Waals surface area contributed by atoms with Gasteiger partial charge in [0.05, 0.1) is 0 Å². The number of nitrogens with two attached hydrogens (primary N) is 1. The SMILES string of the molecule is NC(=O)OC(S)c1ccon1. The van der Waals surface area contributed by atoms with E-state index in [-0.39, 0.29) is 0 Å². The van der Waals surface area contributed by atoms with Crippen molar-refractivity contribution in [3.63, 3.8) is 0 Å². The van der Waals surface area contributed by atoms with Crippen LogP contribution in [-0.4, -0.2) is 11.2 Å². The Kier molecular flexibility index (Phi) is 2.37. The number of amides is 1. The van der Waals surface area contributed by atoms with Gasteiger partial charge in [-0.1, -0.05) is 5.16 Å². The van der Waals surface area contributed by atoms with Crippen LogP contribution < -0.4 is 5.73 Å². The van der Waals surface area contributed by atoms with Gasteiger partial charge in [-0.05, 0) is 0 Å². The van der Waals surface area contributed by atoms with Gasteiger partial charge in [0.25, 0.3) is 0 Å². The molecule has 0 aromatic carbocycles. The molecule has 11 heavy (non-hydrogen) atoms. The van der Waals surface area contributed by atoms with E-state index in [1.807, 2.05) is 0 Å². The van der Waals surface area contributed by atoms with Crippen molar-refractivity contribution in [1.29, 1.82) is 0 Å². The molecule has 1 rings (SSSR count). The van der Waals surface area contributed by atoms with E-state index in [0.29, 0.717) is 5.69 Å². The molecule has 0 aliphatic rings. The summed E-state index contributed by atoms with van der Waals surface area (Å²) in [4.78, 5) is 10.2. The van der Waals surface area contributed by atoms with E-state index < -0.39 is 11.5 Å². The van der Waals surface area contributed by atoms with Crippen molar-refractivity contribution in [3.05, 3.63) is 18.0 Å². The van der Waals surface area contributed by atoms with Crippen LogP contribution in [0.3, 0.4) is 0 Å². The van der Waals surface area contributed by atoms with Gasteiger partial charge in [-0.25, -0.2) is 4.79 Å². The van der Waals surface area contributed by atoms with Crippen LogP contribution >= 0.6 is 12.6 Å². The van der Waals surface area contributed by atoms with Crippen LogP contribution in [0.5, 0.6) is 0 Å². The van der Waals surface area contributed by atoms with Crippen molar-refractivity contribution in [2.45, 2.75) is 5.44 Å². The molecule has 0 spiro atoms. The Labute approximate surface area is 67.9 Å². The molecule has 0 fully saturated rings. The molecule has 1 atom stereocenters. The second-order valence-electron chi connectivity index (χ2n) is 1.71. The van der Waals surface area contributed by atoms with E-state index in [9.17, 15) is 4.79 Å². The first kappa shape index (κ1) is 7.93. The van der Waals surface area contributed by atoms with Crippen LogP contribution in [0.4, 0.5) is 4.79 Å². The third-order valence-electron chi connectivity index (χ3n) is 0.939. The highest BCUT2D eigenvalue weighted by atomic mass is 32.1. The maximum absolute atomic E-state index is 10.2. The summed E-state index contributed by atoms with van der Waals surface area (Å²) in [5.41, 5.74) is 4.38. The van der Waals surface area contributed by atoms with E-state index in [0.717, 1.165) is 0 Å². The molecule has 0 aliphatic carbocycles. The quantitative estimate of drug-likeness (QED) is 0.511. The van der Waals surface area contributed by atoms with E-state index in [1.165, 1.54) is 12.3 Å². The summed E-state index contributed by atoms with van der Waals surface area (Å²) in [6.07, 6.45) is 0.455. The van der Waals surface area contributed by atoms with Gasteiger partial charge in [0.2, 0.25) is 0 Å². The second-order valence-corrected chi connectivity index (χ2v) is 2.18. The summed E-state index contributed by atoms with van der Waals surface area (Å²) < 4.78 is 8.96. The Balaban J connectivity index is 2.56. The number of rotatable bonds is 2. The lowest BCUT2D eigenvalue weighted by Crippen LogP contribution is -2.14. The molecule has 60 valence electrons. The molecule has 2 N–H and O–H groups in total. The van der Waals surface area contributed by atoms with E-state index in [2.05, 4.69) is 27.0 Å². The van der Waals surface area contributed by atoms with Gasteiger partial charge >= 0.3 is 6.09 Å². The number of primary amides is 1. The van der Waals surface area contributed by atoms with Crippen LogP contribution in [-0.2, 0) is 4.74 Å². The highest BCUT2D eigenvalue weighted by Crippen LogP contribution is 2.18. The van der Waals surface area contributed by atoms with Crippen LogP contribution in [0.15, 0.2) is 16.9 Å². The third kappa shape index (κ3) is 2.15. The Morgan fingerprint density at radius 2 is 2.64 bits per heavy atom. The second kappa shape index (κ2) is 3.29. The lowest BCUT2D eigenvalue weighted by atomic mass is 10.5. The van der Waals surface area contributed by atoms with Crippen LogP contribution in [0.2, 0.25) is 0 Å². The maximum Gasteiger partial charge on any atom is 0.406 e. The summed E-state index contributed by atoms with van der Waals surface area (Å²) in [7, 11) is 0. The van der Waals surface area contributed by atoms with Crippen molar-refractivity contribution in [2.24, 2.45) is 5.73 Å². The molecule has 1 aromatic rings. The number of carbonyl (C=O) groups excluding carboxylic acids is 1. The topological polar surface area (TPSA) is 78.4 Å². The lowest BCUT2D eigenvalue weighted by molar-refractivity contribution is 0.144. The Bertz CT molecular complexity index is 236. The van der Waals surface area contributed by atoms with E-state index >= 15 is 0 Å². The van der Waals surface area contributed by atoms with Gasteiger partial charge in [-0.3, -0.25) is 0 Å². The number of hydrogen-bond donors (Lipinski definition) is 2. The molecule has 1 heterocycles. The molecule has 0 saturated carbocycles. The third-order valence-corrected chi connectivity index (χ3v) is 1.31. The first-order valence-electron chi connectivity index (χ1n) is 2.74. The Hall–Kier alpha value is -1.17. The van der Waals surface area contributed by atoms with Gasteiger partial charge < -0.3 is 15.0 Å². The Morgan fingerprint density at radius 1 is 1.91 bits per heavy atom. The smallest absolute Gasteiger partial charge is 0.406 e. The fourth-order valence-electron chi connectivity index (χ4n) is 0.520. The summed E-state index contributed by atoms with van der Waals surface area (Å²) in [5.74, 6) is 0. The summed E-state index contributed by atoms with van der Waals surface area (Å²) >= 11 is 3.88. The van der Waals surface area contributed by atoms with E-state index in [1.54, 1.807) is 0 Å². The molecular weight excluding hydrogens is 168 g/mol. The zero-order valence-electron chi connectivity index (χ0n) is 5.43. The molecular formula is C5H6N2O3S. The normalized spacial score (nSPS) is 12.5. The molecule has 0 saturated heterocycles. The standard InChI is InChI=1S/C5H6N2O3S/c6-5(8)10-4(11)3-1-2-9-7-3/h1-2,4,11H,(H2,6,8). The summed E-state index contributed by atoms with van der Waals surface area (Å²) in [5, 5.41) is 3.49. The maximum atomic E-state index is 10.2. The van der Waals surface area contributed by atoms with Crippen molar-refractivity contribution in [2.75, 3.05) is 0 Å². The molecule has 0 bridgehead atoms. The lowest BCUT2D eigenvalue weighted by Gasteiger charge is -2.04. The van der Waals surface area contributed by atoms with Gasteiger partial charge in [-0.15, -0.1) is 12.6 Å². The van der Waals surface area contributed by atoms with Crippen molar-refractivity contribution < 1.29 is 14.1 Å². The summed E-state index contributed by atoms with van der Waals surface area (Å²) in [6, 6.07) is 1.53. The fourth-order valence-corrected chi connectivity index (χ4v) is 0.757. The van der Waals surface area contributed by atoms with Crippen LogP contribution in [0.25, 0.3) is 0 Å². The minimum absolute atomic E-state index is 0.409. The largest absolute Gasteiger partial charge is 0.429 e. The number of hydrogen-bond acceptors (Lipinski definition) is 5. The first-order chi connectivity index (χ1) is 5.20. The average molecular weight is 174 g/mol. The highest BCUT2D eigenvalue weighted by Gasteiger charge is 2.12. The molecule has 6 heteroatoms. The zero-order valence-corrected chi connectivity index (χ0v) is 6.32. The molecule has 0 aliphatic heterocycles. The van der Waals surface area contributed by atoms with E-state index in [4.69, 9.17) is 5.73 Å². The minimum atomic E-state index is -0.895. The number of ether oxygens (including phenoxy) is 1. The van der Waals surface area contributed by atoms with Crippen molar-refractivity contribution in [3.8, 4) is 0 Å². The van der Waals surface area contributed by atoms with Gasteiger partial charge in [0.1, 0.15) is 12.0 Å². The molecule has 1 unspecified atom stereocenters. The molecule has 0 radical (unpaired) electrons. The van der Waals surface area contributed by atoms with Gasteiger partial charge in [-0.2, -0.15) is 0 Å². The van der Waals surface area contributed by atoms with Crippen molar-refractivity contribution >= 4 is 18.7 Å². The predicted molar refractivity (Wildman–Crippen MR) is 38.9 cm³/mol. The highest BCUT2D eigenvalue weighted by molar-refractivity contribution is 7.80. The first-order valence-corrected chi connectivity index (χ1v) is 3.26. The monoisotopic (exact) mass is 174 g/mol. The van der Waals surface area contributed by atoms with Gasteiger partial charge in [0, 0.05) is 6.07 Å². The number of aromatic nitrogens is 1. The van der Waals surface area contributed by atoms with Crippen molar-refractivity contribution in [1.82, 2.24) is 5.16 Å². The average Bonchev–Trinajstić information content (AvgIpc) is 2.35. The molecule has 1 amide bonds.